The fourth-order valence-electron chi connectivity index (χ4n) is 2.54. The second kappa shape index (κ2) is 7.78. The molecule has 1 heterocycles. The quantitative estimate of drug-likeness (QED) is 0.672. The van der Waals surface area contributed by atoms with Gasteiger partial charge in [-0.3, -0.25) is 4.79 Å². The summed E-state index contributed by atoms with van der Waals surface area (Å²) in [6.45, 7) is 8.25. The summed E-state index contributed by atoms with van der Waals surface area (Å²) in [5.41, 5.74) is 1.58. The molecule has 2 rings (SSSR count). The molecule has 2 aromatic rings. The first-order valence-electron chi connectivity index (χ1n) is 8.01. The highest BCUT2D eigenvalue weighted by molar-refractivity contribution is 6.11. The Bertz CT molecular complexity index is 689. The third-order valence-electron chi connectivity index (χ3n) is 3.86. The lowest BCUT2D eigenvalue weighted by atomic mass is 10.2. The van der Waals surface area contributed by atoms with Gasteiger partial charge < -0.3 is 19.9 Å². The molecule has 0 saturated carbocycles. The Morgan fingerprint density at radius 1 is 1.17 bits per heavy atom. The van der Waals surface area contributed by atoms with Crippen LogP contribution in [0.3, 0.4) is 0 Å². The van der Waals surface area contributed by atoms with Crippen LogP contribution in [0, 0.1) is 0 Å². The number of H-pyrrole nitrogens is 1. The van der Waals surface area contributed by atoms with Crippen molar-refractivity contribution in [1.29, 1.82) is 0 Å². The monoisotopic (exact) mass is 318 g/mol. The van der Waals surface area contributed by atoms with Crippen LogP contribution in [0.1, 0.15) is 31.3 Å². The second-order valence-corrected chi connectivity index (χ2v) is 5.32. The van der Waals surface area contributed by atoms with Crippen LogP contribution in [0.4, 0.5) is 5.69 Å². The van der Waals surface area contributed by atoms with Gasteiger partial charge in [-0.1, -0.05) is 18.2 Å². The fourth-order valence-corrected chi connectivity index (χ4v) is 2.54. The van der Waals surface area contributed by atoms with Crippen LogP contribution in [-0.2, 0) is 9.53 Å². The van der Waals surface area contributed by atoms with Crippen LogP contribution in [-0.4, -0.2) is 43.1 Å². The zero-order valence-corrected chi connectivity index (χ0v) is 13.9. The predicted octanol–water partition coefficient (Wildman–Crippen LogP) is 1.21. The molecule has 0 aliphatic heterocycles. The van der Waals surface area contributed by atoms with Crippen molar-refractivity contribution < 1.29 is 19.2 Å². The molecule has 0 aliphatic rings. The van der Waals surface area contributed by atoms with Gasteiger partial charge in [0.15, 0.2) is 6.54 Å². The van der Waals surface area contributed by atoms with Gasteiger partial charge in [0, 0.05) is 10.9 Å². The molecule has 0 spiro atoms. The average molecular weight is 318 g/mol. The Balaban J connectivity index is 2.32. The van der Waals surface area contributed by atoms with Gasteiger partial charge in [-0.2, -0.15) is 0 Å². The predicted molar refractivity (Wildman–Crippen MR) is 89.8 cm³/mol. The first-order chi connectivity index (χ1) is 11.1. The van der Waals surface area contributed by atoms with E-state index in [-0.39, 0.29) is 18.2 Å². The van der Waals surface area contributed by atoms with Crippen molar-refractivity contribution in [3.05, 3.63) is 30.0 Å². The number of para-hydroxylation sites is 1. The number of carbonyl (C=O) groups is 2. The third kappa shape index (κ3) is 3.90. The molecule has 0 fully saturated rings. The number of quaternary nitrogens is 1. The molecule has 0 aliphatic carbocycles. The zero-order chi connectivity index (χ0) is 16.8. The molecule has 0 radical (unpaired) electrons. The number of nitrogens with one attached hydrogen (secondary N) is 3. The highest BCUT2D eigenvalue weighted by atomic mass is 16.5. The second-order valence-electron chi connectivity index (χ2n) is 5.32. The smallest absolute Gasteiger partial charge is 0.356 e. The lowest BCUT2D eigenvalue weighted by Crippen LogP contribution is -3.12. The molecule has 1 amide bonds. The Kier molecular flexibility index (Phi) is 5.76. The molecule has 0 saturated heterocycles. The number of fused-ring (bicyclic) bond motifs is 1. The maximum atomic E-state index is 12.3. The highest BCUT2D eigenvalue weighted by Gasteiger charge is 2.21. The Morgan fingerprint density at radius 3 is 2.52 bits per heavy atom. The minimum Gasteiger partial charge on any atom is -0.461 e. The van der Waals surface area contributed by atoms with E-state index in [9.17, 15) is 9.59 Å². The van der Waals surface area contributed by atoms with Gasteiger partial charge in [-0.25, -0.2) is 4.79 Å². The summed E-state index contributed by atoms with van der Waals surface area (Å²) in [6.07, 6.45) is 0. The lowest BCUT2D eigenvalue weighted by molar-refractivity contribution is -0.888. The summed E-state index contributed by atoms with van der Waals surface area (Å²) >= 11 is 0. The first-order valence-corrected chi connectivity index (χ1v) is 8.01. The van der Waals surface area contributed by atoms with Gasteiger partial charge in [-0.05, 0) is 26.8 Å². The van der Waals surface area contributed by atoms with Crippen LogP contribution in [0.2, 0.25) is 0 Å². The largest absolute Gasteiger partial charge is 0.461 e. The maximum Gasteiger partial charge on any atom is 0.356 e. The minimum atomic E-state index is -0.464. The molecule has 6 heteroatoms. The normalized spacial score (nSPS) is 11.0. The first kappa shape index (κ1) is 17.0. The van der Waals surface area contributed by atoms with Crippen molar-refractivity contribution in [2.75, 3.05) is 31.6 Å². The number of ether oxygens (including phenoxy) is 1. The zero-order valence-electron chi connectivity index (χ0n) is 13.9. The van der Waals surface area contributed by atoms with Crippen LogP contribution in [0.15, 0.2) is 24.3 Å². The molecular weight excluding hydrogens is 294 g/mol. The third-order valence-corrected chi connectivity index (χ3v) is 3.86. The van der Waals surface area contributed by atoms with Crippen LogP contribution < -0.4 is 10.2 Å². The lowest BCUT2D eigenvalue weighted by Gasteiger charge is -2.15. The van der Waals surface area contributed by atoms with E-state index in [0.29, 0.717) is 12.2 Å². The van der Waals surface area contributed by atoms with Gasteiger partial charge in [0.2, 0.25) is 0 Å². The average Bonchev–Trinajstić information content (AvgIpc) is 2.91. The molecule has 6 nitrogen and oxygen atoms in total. The number of carbonyl (C=O) groups excluding carboxylic acids is 2. The number of hydrogen-bond acceptors (Lipinski definition) is 3. The van der Waals surface area contributed by atoms with Gasteiger partial charge >= 0.3 is 5.97 Å². The van der Waals surface area contributed by atoms with Crippen molar-refractivity contribution >= 4 is 28.5 Å². The summed E-state index contributed by atoms with van der Waals surface area (Å²) in [4.78, 5) is 28.7. The van der Waals surface area contributed by atoms with E-state index in [2.05, 4.69) is 10.3 Å². The Morgan fingerprint density at radius 2 is 1.87 bits per heavy atom. The number of esters is 1. The van der Waals surface area contributed by atoms with Crippen molar-refractivity contribution in [1.82, 2.24) is 4.98 Å². The number of aromatic amines is 1. The fraction of sp³-hybridized carbons (Fsp3) is 0.412. The van der Waals surface area contributed by atoms with Crippen molar-refractivity contribution in [3.8, 4) is 0 Å². The van der Waals surface area contributed by atoms with Crippen molar-refractivity contribution in [3.63, 3.8) is 0 Å². The van der Waals surface area contributed by atoms with E-state index < -0.39 is 5.97 Å². The van der Waals surface area contributed by atoms with Crippen LogP contribution in [0.5, 0.6) is 0 Å². The molecule has 23 heavy (non-hydrogen) atoms. The van der Waals surface area contributed by atoms with Crippen LogP contribution >= 0.6 is 0 Å². The highest BCUT2D eigenvalue weighted by Crippen LogP contribution is 2.28. The maximum absolute atomic E-state index is 12.3. The van der Waals surface area contributed by atoms with E-state index in [0.717, 1.165) is 24.0 Å². The Hall–Kier alpha value is -2.34. The molecule has 124 valence electrons. The SMILES string of the molecule is CCOC(=O)c1[nH]c2ccccc2c1NC(=O)C[NH+](CC)CC. The number of benzene rings is 1. The van der Waals surface area contributed by atoms with Gasteiger partial charge in [-0.15, -0.1) is 0 Å². The number of likely N-dealkylation sites (N-methyl/N-ethyl adjacent to an activating group) is 1. The molecule has 1 aromatic heterocycles. The number of anilines is 1. The number of hydrogen-bond donors (Lipinski definition) is 3. The minimum absolute atomic E-state index is 0.112. The summed E-state index contributed by atoms with van der Waals surface area (Å²) in [5, 5.41) is 3.68. The number of aromatic nitrogens is 1. The number of rotatable bonds is 7. The van der Waals surface area contributed by atoms with Gasteiger partial charge in [0.25, 0.3) is 5.91 Å². The standard InChI is InChI=1S/C17H23N3O3/c1-4-20(5-2)11-14(21)19-15-12-9-7-8-10-13(12)18-16(15)17(22)23-6-3/h7-10,18H,4-6,11H2,1-3H3,(H,19,21)/p+1. The molecule has 0 unspecified atom stereocenters. The van der Waals surface area contributed by atoms with E-state index in [1.807, 2.05) is 38.1 Å². The summed E-state index contributed by atoms with van der Waals surface area (Å²) in [6, 6.07) is 7.48. The topological polar surface area (TPSA) is 75.6 Å². The van der Waals surface area contributed by atoms with E-state index in [1.165, 1.54) is 4.90 Å². The number of amides is 1. The van der Waals surface area contributed by atoms with Gasteiger partial charge in [0.05, 0.1) is 25.4 Å². The molecule has 3 N–H and O–H groups in total. The van der Waals surface area contributed by atoms with Crippen LogP contribution in [0.25, 0.3) is 10.9 Å². The molecular formula is C17H24N3O3+. The molecule has 1 aromatic carbocycles. The summed E-state index contributed by atoms with van der Waals surface area (Å²) < 4.78 is 5.08. The van der Waals surface area contributed by atoms with Gasteiger partial charge in [0.1, 0.15) is 5.69 Å². The molecule has 0 atom stereocenters. The van der Waals surface area contributed by atoms with Crippen molar-refractivity contribution in [2.45, 2.75) is 20.8 Å². The van der Waals surface area contributed by atoms with Crippen molar-refractivity contribution in [2.24, 2.45) is 0 Å². The van der Waals surface area contributed by atoms with E-state index in [4.69, 9.17) is 4.74 Å². The van der Waals surface area contributed by atoms with E-state index in [1.54, 1.807) is 6.92 Å². The van der Waals surface area contributed by atoms with E-state index >= 15 is 0 Å². The summed E-state index contributed by atoms with van der Waals surface area (Å²) in [5.74, 6) is -0.576. The Labute approximate surface area is 135 Å². The molecule has 0 bridgehead atoms. The summed E-state index contributed by atoms with van der Waals surface area (Å²) in [7, 11) is 0.